The Morgan fingerprint density at radius 2 is 2.44 bits per heavy atom. The highest BCUT2D eigenvalue weighted by molar-refractivity contribution is 5.91. The number of imidazole rings is 1. The van der Waals surface area contributed by atoms with Gasteiger partial charge in [-0.3, -0.25) is 4.79 Å². The number of aromatic amines is 1. The predicted molar refractivity (Wildman–Crippen MR) is 64.0 cm³/mol. The van der Waals surface area contributed by atoms with E-state index < -0.39 is 6.10 Å². The van der Waals surface area contributed by atoms with Gasteiger partial charge in [-0.1, -0.05) is 6.92 Å². The number of aliphatic hydroxyl groups is 1. The Kier molecular flexibility index (Phi) is 3.78. The fourth-order valence-electron chi connectivity index (χ4n) is 1.53. The van der Waals surface area contributed by atoms with Crippen molar-refractivity contribution in [2.75, 3.05) is 6.54 Å². The SMILES string of the molecule is CCc1ccc(C(=O)NCC(O)c2cnc[nH]2)o1. The minimum Gasteiger partial charge on any atom is -0.456 e. The first-order valence-corrected chi connectivity index (χ1v) is 5.74. The maximum Gasteiger partial charge on any atom is 0.287 e. The molecule has 0 bridgehead atoms. The molecule has 18 heavy (non-hydrogen) atoms. The maximum absolute atomic E-state index is 11.7. The summed E-state index contributed by atoms with van der Waals surface area (Å²) in [4.78, 5) is 18.3. The molecule has 2 rings (SSSR count). The number of hydrogen-bond donors (Lipinski definition) is 3. The van der Waals surface area contributed by atoms with Crippen LogP contribution in [-0.2, 0) is 6.42 Å². The number of nitrogens with one attached hydrogen (secondary N) is 2. The van der Waals surface area contributed by atoms with Crippen LogP contribution in [0.5, 0.6) is 0 Å². The van der Waals surface area contributed by atoms with E-state index in [1.54, 1.807) is 12.1 Å². The van der Waals surface area contributed by atoms with Crippen LogP contribution in [0.1, 0.15) is 35.0 Å². The van der Waals surface area contributed by atoms with Crippen LogP contribution in [0.15, 0.2) is 29.1 Å². The Balaban J connectivity index is 1.88. The van der Waals surface area contributed by atoms with Crippen LogP contribution in [0.25, 0.3) is 0 Å². The highest BCUT2D eigenvalue weighted by atomic mass is 16.3. The Hall–Kier alpha value is -2.08. The number of carbonyl (C=O) groups excluding carboxylic acids is 1. The molecule has 2 aromatic heterocycles. The van der Waals surface area contributed by atoms with Crippen molar-refractivity contribution in [3.05, 3.63) is 41.9 Å². The third-order valence-electron chi connectivity index (χ3n) is 2.57. The molecule has 6 nitrogen and oxygen atoms in total. The average molecular weight is 249 g/mol. The molecule has 1 unspecified atom stereocenters. The number of H-pyrrole nitrogens is 1. The standard InChI is InChI=1S/C12H15N3O3/c1-2-8-3-4-11(18-8)12(17)14-6-10(16)9-5-13-7-15-9/h3-5,7,10,16H,2,6H2,1H3,(H,13,15)(H,14,17). The average Bonchev–Trinajstić information content (AvgIpc) is 3.05. The van der Waals surface area contributed by atoms with Gasteiger partial charge >= 0.3 is 0 Å². The molecule has 0 spiro atoms. The number of amides is 1. The fourth-order valence-corrected chi connectivity index (χ4v) is 1.53. The summed E-state index contributed by atoms with van der Waals surface area (Å²) in [6.45, 7) is 2.05. The summed E-state index contributed by atoms with van der Waals surface area (Å²) in [5.74, 6) is 0.672. The van der Waals surface area contributed by atoms with Gasteiger partial charge < -0.3 is 19.8 Å². The zero-order valence-corrected chi connectivity index (χ0v) is 10.0. The number of carbonyl (C=O) groups is 1. The van der Waals surface area contributed by atoms with Crippen LogP contribution in [-0.4, -0.2) is 27.5 Å². The maximum atomic E-state index is 11.7. The summed E-state index contributed by atoms with van der Waals surface area (Å²) in [7, 11) is 0. The first kappa shape index (κ1) is 12.4. The Morgan fingerprint density at radius 1 is 1.61 bits per heavy atom. The number of hydrogen-bond acceptors (Lipinski definition) is 4. The third-order valence-corrected chi connectivity index (χ3v) is 2.57. The van der Waals surface area contributed by atoms with E-state index >= 15 is 0 Å². The van der Waals surface area contributed by atoms with Crippen LogP contribution in [0, 0.1) is 0 Å². The van der Waals surface area contributed by atoms with E-state index in [4.69, 9.17) is 4.42 Å². The summed E-state index contributed by atoms with van der Waals surface area (Å²) in [6.07, 6.45) is 2.92. The van der Waals surface area contributed by atoms with Gasteiger partial charge in [0.1, 0.15) is 11.9 Å². The Bertz CT molecular complexity index is 504. The molecule has 1 atom stereocenters. The van der Waals surface area contributed by atoms with Gasteiger partial charge in [-0.25, -0.2) is 4.98 Å². The van der Waals surface area contributed by atoms with Crippen molar-refractivity contribution < 1.29 is 14.3 Å². The molecule has 6 heteroatoms. The molecule has 0 aliphatic carbocycles. The molecule has 2 aromatic rings. The predicted octanol–water partition coefficient (Wildman–Crippen LogP) is 1.03. The molecule has 0 aliphatic heterocycles. The highest BCUT2D eigenvalue weighted by Crippen LogP contribution is 2.10. The number of rotatable bonds is 5. The summed E-state index contributed by atoms with van der Waals surface area (Å²) < 4.78 is 5.30. The van der Waals surface area contributed by atoms with Crippen molar-refractivity contribution >= 4 is 5.91 Å². The fraction of sp³-hybridized carbons (Fsp3) is 0.333. The van der Waals surface area contributed by atoms with Crippen molar-refractivity contribution in [3.8, 4) is 0 Å². The van der Waals surface area contributed by atoms with Crippen molar-refractivity contribution in [1.82, 2.24) is 15.3 Å². The van der Waals surface area contributed by atoms with Gasteiger partial charge in [0.15, 0.2) is 5.76 Å². The van der Waals surface area contributed by atoms with Crippen LogP contribution in [0.2, 0.25) is 0 Å². The lowest BCUT2D eigenvalue weighted by Gasteiger charge is -2.08. The molecular formula is C12H15N3O3. The quantitative estimate of drug-likeness (QED) is 0.738. The van der Waals surface area contributed by atoms with Crippen LogP contribution in [0.4, 0.5) is 0 Å². The molecule has 0 fully saturated rings. The Labute approximate surface area is 104 Å². The van der Waals surface area contributed by atoms with E-state index in [-0.39, 0.29) is 18.2 Å². The molecule has 3 N–H and O–H groups in total. The molecule has 0 aliphatic rings. The monoisotopic (exact) mass is 249 g/mol. The number of furan rings is 1. The van der Waals surface area contributed by atoms with Crippen molar-refractivity contribution in [3.63, 3.8) is 0 Å². The van der Waals surface area contributed by atoms with Gasteiger partial charge in [0.2, 0.25) is 0 Å². The van der Waals surface area contributed by atoms with E-state index in [1.807, 2.05) is 6.92 Å². The summed E-state index contributed by atoms with van der Waals surface area (Å²) >= 11 is 0. The topological polar surface area (TPSA) is 91.1 Å². The molecule has 0 radical (unpaired) electrons. The van der Waals surface area contributed by atoms with E-state index in [2.05, 4.69) is 15.3 Å². The molecular weight excluding hydrogens is 234 g/mol. The second-order valence-electron chi connectivity index (χ2n) is 3.85. The van der Waals surface area contributed by atoms with Gasteiger partial charge in [-0.15, -0.1) is 0 Å². The van der Waals surface area contributed by atoms with Crippen molar-refractivity contribution in [2.45, 2.75) is 19.4 Å². The highest BCUT2D eigenvalue weighted by Gasteiger charge is 2.14. The summed E-state index contributed by atoms with van der Waals surface area (Å²) in [5.41, 5.74) is 0.559. The second kappa shape index (κ2) is 5.50. The number of aromatic nitrogens is 2. The lowest BCUT2D eigenvalue weighted by atomic mass is 10.2. The molecule has 1 amide bonds. The first-order chi connectivity index (χ1) is 8.70. The van der Waals surface area contributed by atoms with Gasteiger partial charge in [-0.2, -0.15) is 0 Å². The summed E-state index contributed by atoms with van der Waals surface area (Å²) in [6, 6.07) is 3.39. The lowest BCUT2D eigenvalue weighted by molar-refractivity contribution is 0.0885. The normalized spacial score (nSPS) is 12.3. The van der Waals surface area contributed by atoms with Crippen molar-refractivity contribution in [2.24, 2.45) is 0 Å². The number of aryl methyl sites for hydroxylation is 1. The molecule has 0 aromatic carbocycles. The number of nitrogens with zero attached hydrogens (tertiary/aromatic N) is 1. The van der Waals surface area contributed by atoms with Gasteiger partial charge in [0, 0.05) is 13.0 Å². The van der Waals surface area contributed by atoms with Crippen molar-refractivity contribution in [1.29, 1.82) is 0 Å². The molecule has 0 saturated carbocycles. The number of aliphatic hydroxyl groups excluding tert-OH is 1. The van der Waals surface area contributed by atoms with Crippen LogP contribution < -0.4 is 5.32 Å². The third kappa shape index (κ3) is 2.78. The largest absolute Gasteiger partial charge is 0.456 e. The van der Waals surface area contributed by atoms with Gasteiger partial charge in [0.05, 0.1) is 18.2 Å². The Morgan fingerprint density at radius 3 is 3.06 bits per heavy atom. The minimum absolute atomic E-state index is 0.100. The van der Waals surface area contributed by atoms with E-state index in [0.717, 1.165) is 12.2 Å². The molecule has 0 saturated heterocycles. The lowest BCUT2D eigenvalue weighted by Crippen LogP contribution is -2.28. The zero-order valence-electron chi connectivity index (χ0n) is 10.0. The zero-order chi connectivity index (χ0) is 13.0. The summed E-state index contributed by atoms with van der Waals surface area (Å²) in [5, 5.41) is 12.3. The van der Waals surface area contributed by atoms with E-state index in [9.17, 15) is 9.90 Å². The molecule has 96 valence electrons. The first-order valence-electron chi connectivity index (χ1n) is 5.74. The van der Waals surface area contributed by atoms with E-state index in [0.29, 0.717) is 5.69 Å². The van der Waals surface area contributed by atoms with Gasteiger partial charge in [-0.05, 0) is 12.1 Å². The van der Waals surface area contributed by atoms with Gasteiger partial charge in [0.25, 0.3) is 5.91 Å². The smallest absolute Gasteiger partial charge is 0.287 e. The van der Waals surface area contributed by atoms with Crippen LogP contribution in [0.3, 0.4) is 0 Å². The van der Waals surface area contributed by atoms with Crippen LogP contribution >= 0.6 is 0 Å². The second-order valence-corrected chi connectivity index (χ2v) is 3.85. The van der Waals surface area contributed by atoms with E-state index in [1.165, 1.54) is 12.5 Å². The molecule has 2 heterocycles. The minimum atomic E-state index is -0.808.